The maximum Gasteiger partial charge on any atom is 0.417 e. The first kappa shape index (κ1) is 24.8. The summed E-state index contributed by atoms with van der Waals surface area (Å²) in [5.74, 6) is -0.174. The highest BCUT2D eigenvalue weighted by Crippen LogP contribution is 2.24. The van der Waals surface area contributed by atoms with Gasteiger partial charge in [-0.25, -0.2) is 9.59 Å². The van der Waals surface area contributed by atoms with E-state index in [1.165, 1.54) is 44.2 Å². The number of carbonyl (C=O) groups is 4. The minimum Gasteiger partial charge on any atom is -0.427 e. The number of aryl methyl sites for hydroxylation is 1. The van der Waals surface area contributed by atoms with Gasteiger partial charge in [0.05, 0.1) is 0 Å². The molecule has 3 aromatic carbocycles. The van der Waals surface area contributed by atoms with Gasteiger partial charge in [0.25, 0.3) is 0 Å². The van der Waals surface area contributed by atoms with Crippen molar-refractivity contribution in [3.8, 4) is 23.0 Å². The topological polar surface area (TPSA) is 129 Å². The predicted octanol–water partition coefficient (Wildman–Crippen LogP) is 5.07. The van der Waals surface area contributed by atoms with E-state index in [4.69, 9.17) is 18.9 Å². The van der Waals surface area contributed by atoms with E-state index in [9.17, 15) is 19.2 Å². The number of hydrogen-bond donors (Lipinski definition) is 2. The Morgan fingerprint density at radius 2 is 1.06 bits per heavy atom. The summed E-state index contributed by atoms with van der Waals surface area (Å²) in [6.45, 7) is 4.29. The first-order valence-corrected chi connectivity index (χ1v) is 10.3. The summed E-state index contributed by atoms with van der Waals surface area (Å²) < 4.78 is 20.4. The zero-order chi connectivity index (χ0) is 25.4. The van der Waals surface area contributed by atoms with Crippen LogP contribution >= 0.6 is 0 Å². The van der Waals surface area contributed by atoms with E-state index in [1.54, 1.807) is 43.3 Å². The maximum absolute atomic E-state index is 12.4. The van der Waals surface area contributed by atoms with Gasteiger partial charge in [0.1, 0.15) is 23.0 Å². The number of ether oxygens (including phenoxy) is 4. The monoisotopic (exact) mass is 478 g/mol. The lowest BCUT2D eigenvalue weighted by Crippen LogP contribution is -2.19. The fourth-order valence-electron chi connectivity index (χ4n) is 2.86. The molecule has 0 aliphatic rings. The second kappa shape index (κ2) is 11.3. The van der Waals surface area contributed by atoms with Crippen LogP contribution < -0.4 is 29.6 Å². The zero-order valence-electron chi connectivity index (χ0n) is 19.1. The SMILES string of the molecule is CC(=O)Oc1cccc(OC(=O)Nc2ccc(C)c(NC(=O)Oc3cccc(OC(C)=O)c3)c2)c1. The van der Waals surface area contributed by atoms with Crippen LogP contribution in [0.4, 0.5) is 21.0 Å². The third-order valence-corrected chi connectivity index (χ3v) is 4.28. The number of esters is 2. The minimum absolute atomic E-state index is 0.172. The van der Waals surface area contributed by atoms with Crippen LogP contribution in [-0.2, 0) is 9.59 Å². The van der Waals surface area contributed by atoms with Crippen LogP contribution in [0, 0.1) is 6.92 Å². The summed E-state index contributed by atoms with van der Waals surface area (Å²) in [4.78, 5) is 46.8. The Kier molecular flexibility index (Phi) is 8.02. The largest absolute Gasteiger partial charge is 0.427 e. The molecule has 2 N–H and O–H groups in total. The quantitative estimate of drug-likeness (QED) is 0.371. The number of benzene rings is 3. The Morgan fingerprint density at radius 3 is 1.54 bits per heavy atom. The summed E-state index contributed by atoms with van der Waals surface area (Å²) in [6.07, 6.45) is -1.57. The van der Waals surface area contributed by atoms with E-state index >= 15 is 0 Å². The van der Waals surface area contributed by atoms with Crippen molar-refractivity contribution in [1.29, 1.82) is 0 Å². The highest BCUT2D eigenvalue weighted by molar-refractivity contribution is 5.91. The summed E-state index contributed by atoms with van der Waals surface area (Å²) in [5.41, 5.74) is 1.45. The Balaban J connectivity index is 1.62. The van der Waals surface area contributed by atoms with E-state index in [0.29, 0.717) is 16.9 Å². The van der Waals surface area contributed by atoms with Crippen LogP contribution in [0.1, 0.15) is 19.4 Å². The van der Waals surface area contributed by atoms with Crippen LogP contribution in [0.3, 0.4) is 0 Å². The van der Waals surface area contributed by atoms with Gasteiger partial charge in [-0.15, -0.1) is 0 Å². The molecule has 0 aromatic heterocycles. The fourth-order valence-corrected chi connectivity index (χ4v) is 2.86. The Morgan fingerprint density at radius 1 is 0.600 bits per heavy atom. The van der Waals surface area contributed by atoms with Gasteiger partial charge in [-0.05, 0) is 48.9 Å². The Hall–Kier alpha value is -4.86. The molecule has 10 nitrogen and oxygen atoms in total. The molecule has 0 heterocycles. The summed E-state index contributed by atoms with van der Waals surface area (Å²) in [5, 5.41) is 5.16. The van der Waals surface area contributed by atoms with Crippen LogP contribution in [0.25, 0.3) is 0 Å². The van der Waals surface area contributed by atoms with E-state index in [2.05, 4.69) is 10.6 Å². The smallest absolute Gasteiger partial charge is 0.417 e. The van der Waals surface area contributed by atoms with E-state index < -0.39 is 24.1 Å². The molecule has 3 rings (SSSR count). The van der Waals surface area contributed by atoms with Crippen molar-refractivity contribution in [2.75, 3.05) is 10.6 Å². The lowest BCUT2D eigenvalue weighted by molar-refractivity contribution is -0.132. The van der Waals surface area contributed by atoms with Gasteiger partial charge in [-0.1, -0.05) is 18.2 Å². The van der Waals surface area contributed by atoms with Crippen LogP contribution in [0.15, 0.2) is 66.7 Å². The maximum atomic E-state index is 12.4. The Bertz CT molecular complexity index is 1270. The first-order chi connectivity index (χ1) is 16.7. The molecule has 3 aromatic rings. The van der Waals surface area contributed by atoms with Crippen LogP contribution in [-0.4, -0.2) is 24.1 Å². The molecule has 0 spiro atoms. The molecule has 0 aliphatic heterocycles. The standard InChI is InChI=1S/C25H22N2O8/c1-15-10-11-18(26-24(30)34-21-8-4-6-19(13-21)32-16(2)28)12-23(15)27-25(31)35-22-9-5-7-20(14-22)33-17(3)29/h4-14H,1-3H3,(H,26,30)(H,27,31). The van der Waals surface area contributed by atoms with Gasteiger partial charge >= 0.3 is 24.1 Å². The highest BCUT2D eigenvalue weighted by Gasteiger charge is 2.12. The second-order valence-electron chi connectivity index (χ2n) is 7.20. The van der Waals surface area contributed by atoms with Gasteiger partial charge in [-0.3, -0.25) is 20.2 Å². The zero-order valence-corrected chi connectivity index (χ0v) is 19.1. The van der Waals surface area contributed by atoms with Crippen LogP contribution in [0.5, 0.6) is 23.0 Å². The van der Waals surface area contributed by atoms with Crippen molar-refractivity contribution in [2.24, 2.45) is 0 Å². The third-order valence-electron chi connectivity index (χ3n) is 4.28. The summed E-state index contributed by atoms with van der Waals surface area (Å²) >= 11 is 0. The van der Waals surface area contributed by atoms with Crippen molar-refractivity contribution >= 4 is 35.5 Å². The molecular weight excluding hydrogens is 456 g/mol. The number of amides is 2. The summed E-state index contributed by atoms with van der Waals surface area (Å²) in [7, 11) is 0. The lowest BCUT2D eigenvalue weighted by atomic mass is 10.2. The van der Waals surface area contributed by atoms with E-state index in [1.807, 2.05) is 0 Å². The molecular formula is C25H22N2O8. The average molecular weight is 478 g/mol. The van der Waals surface area contributed by atoms with Crippen molar-refractivity contribution in [3.63, 3.8) is 0 Å². The number of rotatable bonds is 6. The number of carbonyl (C=O) groups excluding carboxylic acids is 4. The van der Waals surface area contributed by atoms with E-state index in [-0.39, 0.29) is 23.0 Å². The molecule has 0 bridgehead atoms. The minimum atomic E-state index is -0.787. The molecule has 0 saturated carbocycles. The number of hydrogen-bond acceptors (Lipinski definition) is 8. The van der Waals surface area contributed by atoms with Crippen molar-refractivity contribution in [2.45, 2.75) is 20.8 Å². The molecule has 0 aliphatic carbocycles. The molecule has 0 fully saturated rings. The second-order valence-corrected chi connectivity index (χ2v) is 7.20. The normalized spacial score (nSPS) is 10.0. The number of nitrogens with one attached hydrogen (secondary N) is 2. The van der Waals surface area contributed by atoms with Crippen molar-refractivity contribution in [3.05, 3.63) is 72.3 Å². The van der Waals surface area contributed by atoms with Gasteiger partial charge in [0.15, 0.2) is 0 Å². The molecule has 180 valence electrons. The van der Waals surface area contributed by atoms with Gasteiger partial charge in [0.2, 0.25) is 0 Å². The summed E-state index contributed by atoms with van der Waals surface area (Å²) in [6, 6.07) is 17.0. The molecule has 10 heteroatoms. The van der Waals surface area contributed by atoms with Gasteiger partial charge in [0, 0.05) is 37.4 Å². The molecule has 0 radical (unpaired) electrons. The molecule has 0 atom stereocenters. The van der Waals surface area contributed by atoms with Gasteiger partial charge < -0.3 is 18.9 Å². The first-order valence-electron chi connectivity index (χ1n) is 10.3. The number of anilines is 2. The van der Waals surface area contributed by atoms with Crippen molar-refractivity contribution < 1.29 is 38.1 Å². The predicted molar refractivity (Wildman–Crippen MR) is 126 cm³/mol. The van der Waals surface area contributed by atoms with Crippen LogP contribution in [0.2, 0.25) is 0 Å². The fraction of sp³-hybridized carbons (Fsp3) is 0.120. The van der Waals surface area contributed by atoms with E-state index in [0.717, 1.165) is 0 Å². The average Bonchev–Trinajstić information content (AvgIpc) is 2.75. The van der Waals surface area contributed by atoms with Gasteiger partial charge in [-0.2, -0.15) is 0 Å². The molecule has 35 heavy (non-hydrogen) atoms. The molecule has 0 saturated heterocycles. The third kappa shape index (κ3) is 7.90. The molecule has 2 amide bonds. The van der Waals surface area contributed by atoms with Crippen molar-refractivity contribution in [1.82, 2.24) is 0 Å². The lowest BCUT2D eigenvalue weighted by Gasteiger charge is -2.12. The highest BCUT2D eigenvalue weighted by atomic mass is 16.6. The Labute approximate surface area is 200 Å². The molecule has 0 unspecified atom stereocenters.